The third-order valence-electron chi connectivity index (χ3n) is 6.33. The fraction of sp³-hybridized carbons (Fsp3) is 0.517. The second-order valence-electron chi connectivity index (χ2n) is 9.24. The maximum atomic E-state index is 12.7. The van der Waals surface area contributed by atoms with Gasteiger partial charge in [-0.25, -0.2) is 8.42 Å². The number of benzene rings is 2. The molecule has 0 aliphatic heterocycles. The van der Waals surface area contributed by atoms with Crippen LogP contribution >= 0.6 is 0 Å². The largest absolute Gasteiger partial charge is 0.374 e. The Morgan fingerprint density at radius 2 is 1.21 bits per heavy atom. The lowest BCUT2D eigenvalue weighted by Gasteiger charge is -2.22. The average Bonchev–Trinajstić information content (AvgIpc) is 2.84. The van der Waals surface area contributed by atoms with Crippen molar-refractivity contribution in [1.29, 1.82) is 0 Å². The number of aliphatic hydroxyl groups excluding tert-OH is 1. The van der Waals surface area contributed by atoms with Crippen LogP contribution in [0.4, 0.5) is 5.69 Å². The molecule has 34 heavy (non-hydrogen) atoms. The molecule has 2 aromatic carbocycles. The van der Waals surface area contributed by atoms with E-state index in [0.29, 0.717) is 4.90 Å². The molecule has 5 heteroatoms. The average molecular weight is 486 g/mol. The molecule has 0 aliphatic rings. The monoisotopic (exact) mass is 485 g/mol. The molecule has 1 atom stereocenters. The van der Waals surface area contributed by atoms with Crippen molar-refractivity contribution in [3.05, 3.63) is 59.7 Å². The molecule has 0 fully saturated rings. The van der Waals surface area contributed by atoms with Gasteiger partial charge in [-0.2, -0.15) is 0 Å². The van der Waals surface area contributed by atoms with E-state index in [4.69, 9.17) is 0 Å². The van der Waals surface area contributed by atoms with Crippen LogP contribution in [0.15, 0.2) is 53.4 Å². The minimum Gasteiger partial charge on any atom is -0.374 e. The van der Waals surface area contributed by atoms with Crippen LogP contribution in [0.3, 0.4) is 0 Å². The third-order valence-corrected chi connectivity index (χ3v) is 8.15. The number of hydrogen-bond acceptors (Lipinski definition) is 4. The number of anilines is 1. The number of nitrogens with zero attached hydrogens (tertiary/aromatic N) is 1. The maximum Gasteiger partial charge on any atom is 0.178 e. The van der Waals surface area contributed by atoms with Crippen molar-refractivity contribution in [3.63, 3.8) is 0 Å². The minimum atomic E-state index is -3.22. The summed E-state index contributed by atoms with van der Waals surface area (Å²) in [4.78, 5) is 2.20. The van der Waals surface area contributed by atoms with Crippen LogP contribution in [0.2, 0.25) is 0 Å². The quantitative estimate of drug-likeness (QED) is 0.154. The fourth-order valence-electron chi connectivity index (χ4n) is 3.91. The first-order chi connectivity index (χ1) is 16.3. The fourth-order valence-corrected chi connectivity index (χ4v) is 5.28. The number of unbranched alkanes of at least 4 members (excludes halogenated alkanes) is 9. The van der Waals surface area contributed by atoms with Crippen LogP contribution in [0.25, 0.3) is 12.2 Å². The van der Waals surface area contributed by atoms with Crippen LogP contribution in [-0.2, 0) is 9.84 Å². The zero-order valence-electron chi connectivity index (χ0n) is 21.2. The van der Waals surface area contributed by atoms with Gasteiger partial charge in [-0.1, -0.05) is 101 Å². The van der Waals surface area contributed by atoms with Gasteiger partial charge in [0.2, 0.25) is 0 Å². The van der Waals surface area contributed by atoms with Crippen LogP contribution in [0.1, 0.15) is 89.2 Å². The Morgan fingerprint density at radius 1 is 0.765 bits per heavy atom. The number of rotatable bonds is 16. The van der Waals surface area contributed by atoms with E-state index in [1.165, 1.54) is 44.9 Å². The van der Waals surface area contributed by atoms with Gasteiger partial charge in [0.1, 0.15) is 6.23 Å². The number of hydrogen-bond donors (Lipinski definition) is 1. The lowest BCUT2D eigenvalue weighted by atomic mass is 10.1. The van der Waals surface area contributed by atoms with Gasteiger partial charge < -0.3 is 10.0 Å². The van der Waals surface area contributed by atoms with E-state index in [1.807, 2.05) is 55.6 Å². The second-order valence-corrected chi connectivity index (χ2v) is 11.3. The van der Waals surface area contributed by atoms with E-state index in [9.17, 15) is 13.5 Å². The zero-order valence-corrected chi connectivity index (χ0v) is 22.1. The summed E-state index contributed by atoms with van der Waals surface area (Å²) in [5.41, 5.74) is 2.95. The minimum absolute atomic E-state index is 0.228. The normalized spacial score (nSPS) is 12.8. The number of sulfone groups is 1. The molecule has 4 nitrogen and oxygen atoms in total. The molecule has 2 aromatic rings. The first-order valence-corrected chi connectivity index (χ1v) is 14.5. The first-order valence-electron chi connectivity index (χ1n) is 12.9. The highest BCUT2D eigenvalue weighted by molar-refractivity contribution is 7.91. The highest BCUT2D eigenvalue weighted by Crippen LogP contribution is 2.19. The highest BCUT2D eigenvalue weighted by Gasteiger charge is 2.13. The van der Waals surface area contributed by atoms with Crippen molar-refractivity contribution in [2.24, 2.45) is 0 Å². The maximum absolute atomic E-state index is 12.7. The Morgan fingerprint density at radius 3 is 1.68 bits per heavy atom. The summed E-state index contributed by atoms with van der Waals surface area (Å²) in [5, 5.41) is 9.67. The molecule has 0 heterocycles. The highest BCUT2D eigenvalue weighted by atomic mass is 32.2. The SMILES string of the molecule is CCCCCCCCCCCCS(=O)(=O)c1ccc(C=Cc2ccc(N(C)C(C)O)cc2)cc1. The standard InChI is InChI=1S/C29H43NO3S/c1-4-5-6-7-8-9-10-11-12-13-24-34(32,33)29-22-18-27(19-23-29)15-14-26-16-20-28(21-17-26)30(3)25(2)31/h14-23,25,31H,4-13,24H2,1-3H3. The van der Waals surface area contributed by atoms with Gasteiger partial charge in [0.25, 0.3) is 0 Å². The Hall–Kier alpha value is -2.11. The summed E-state index contributed by atoms with van der Waals surface area (Å²) in [5.74, 6) is 0.228. The van der Waals surface area contributed by atoms with Crippen LogP contribution in [0.5, 0.6) is 0 Å². The molecule has 0 radical (unpaired) electrons. The lowest BCUT2D eigenvalue weighted by molar-refractivity contribution is 0.195. The Bertz CT molecular complexity index is 948. The number of aliphatic hydroxyl groups is 1. The summed E-state index contributed by atoms with van der Waals surface area (Å²) in [6, 6.07) is 15.1. The van der Waals surface area contributed by atoms with Gasteiger partial charge in [0, 0.05) is 12.7 Å². The smallest absolute Gasteiger partial charge is 0.178 e. The predicted octanol–water partition coefficient (Wildman–Crippen LogP) is 7.33. The van der Waals surface area contributed by atoms with E-state index in [2.05, 4.69) is 6.92 Å². The van der Waals surface area contributed by atoms with Crippen molar-refractivity contribution < 1.29 is 13.5 Å². The van der Waals surface area contributed by atoms with Crippen molar-refractivity contribution in [3.8, 4) is 0 Å². The van der Waals surface area contributed by atoms with Gasteiger partial charge in [-0.05, 0) is 48.7 Å². The molecule has 0 saturated heterocycles. The summed E-state index contributed by atoms with van der Waals surface area (Å²) in [6.07, 6.45) is 15.4. The van der Waals surface area contributed by atoms with E-state index in [1.54, 1.807) is 24.0 Å². The Kier molecular flexibility index (Phi) is 12.4. The topological polar surface area (TPSA) is 57.6 Å². The first kappa shape index (κ1) is 28.1. The van der Waals surface area contributed by atoms with E-state index < -0.39 is 16.1 Å². The summed E-state index contributed by atoms with van der Waals surface area (Å²) >= 11 is 0. The summed E-state index contributed by atoms with van der Waals surface area (Å²) < 4.78 is 25.3. The lowest BCUT2D eigenvalue weighted by Crippen LogP contribution is -2.27. The van der Waals surface area contributed by atoms with Gasteiger partial charge in [0.05, 0.1) is 10.6 Å². The molecule has 1 N–H and O–H groups in total. The van der Waals surface area contributed by atoms with E-state index >= 15 is 0 Å². The molecule has 0 amide bonds. The van der Waals surface area contributed by atoms with Gasteiger partial charge in [0.15, 0.2) is 9.84 Å². The predicted molar refractivity (Wildman–Crippen MR) is 146 cm³/mol. The molecule has 0 aromatic heterocycles. The molecule has 1 unspecified atom stereocenters. The van der Waals surface area contributed by atoms with Gasteiger partial charge in [-0.3, -0.25) is 0 Å². The molecule has 188 valence electrons. The molecule has 0 bridgehead atoms. The van der Waals surface area contributed by atoms with Gasteiger partial charge >= 0.3 is 0 Å². The molecule has 0 spiro atoms. The van der Waals surface area contributed by atoms with Crippen LogP contribution in [0, 0.1) is 0 Å². The molecule has 0 aliphatic carbocycles. The molecular formula is C29H43NO3S. The van der Waals surface area contributed by atoms with Crippen LogP contribution in [-0.4, -0.2) is 32.6 Å². The Labute approximate surface area is 207 Å². The molecular weight excluding hydrogens is 442 g/mol. The van der Waals surface area contributed by atoms with Crippen molar-refractivity contribution in [1.82, 2.24) is 0 Å². The molecule has 0 saturated carbocycles. The van der Waals surface area contributed by atoms with E-state index in [0.717, 1.165) is 36.1 Å². The Balaban J connectivity index is 1.76. The van der Waals surface area contributed by atoms with Crippen molar-refractivity contribution >= 4 is 27.7 Å². The summed E-state index contributed by atoms with van der Waals surface area (Å²) in [6.45, 7) is 3.97. The van der Waals surface area contributed by atoms with Crippen LogP contribution < -0.4 is 4.90 Å². The summed E-state index contributed by atoms with van der Waals surface area (Å²) in [7, 11) is -1.37. The van der Waals surface area contributed by atoms with Gasteiger partial charge in [-0.15, -0.1) is 0 Å². The van der Waals surface area contributed by atoms with Crippen molar-refractivity contribution in [2.75, 3.05) is 17.7 Å². The molecule has 2 rings (SSSR count). The third kappa shape index (κ3) is 10.0. The second kappa shape index (κ2) is 15.0. The van der Waals surface area contributed by atoms with Crippen molar-refractivity contribution in [2.45, 2.75) is 89.2 Å². The van der Waals surface area contributed by atoms with E-state index in [-0.39, 0.29) is 5.75 Å². The zero-order chi connectivity index (χ0) is 24.8.